The van der Waals surface area contributed by atoms with Gasteiger partial charge >= 0.3 is 5.97 Å². The van der Waals surface area contributed by atoms with Gasteiger partial charge in [0, 0.05) is 25.9 Å². The average Bonchev–Trinajstić information content (AvgIpc) is 2.64. The van der Waals surface area contributed by atoms with Crippen molar-refractivity contribution in [3.8, 4) is 0 Å². The minimum absolute atomic E-state index is 0.107. The van der Waals surface area contributed by atoms with Crippen molar-refractivity contribution in [1.82, 2.24) is 10.3 Å². The molecule has 0 aliphatic carbocycles. The molecule has 1 saturated heterocycles. The third-order valence-corrected chi connectivity index (χ3v) is 5.01. The van der Waals surface area contributed by atoms with Crippen molar-refractivity contribution in [1.29, 1.82) is 0 Å². The molecule has 3 N–H and O–H groups in total. The number of aliphatic carboxylic acids is 1. The third kappa shape index (κ3) is 3.45. The number of benzene rings is 1. The van der Waals surface area contributed by atoms with Gasteiger partial charge in [0.25, 0.3) is 5.91 Å². The number of hydrogen-bond donors (Lipinski definition) is 3. The molecule has 2 atom stereocenters. The lowest BCUT2D eigenvalue weighted by Crippen LogP contribution is -2.59. The molecule has 2 aliphatic heterocycles. The number of hydrogen-bond acceptors (Lipinski definition) is 5. The number of carbonyl (C=O) groups is 3. The molecule has 0 bridgehead atoms. The first kappa shape index (κ1) is 18.1. The first-order valence-electron chi connectivity index (χ1n) is 8.52. The highest BCUT2D eigenvalue weighted by Gasteiger charge is 2.50. The third-order valence-electron chi connectivity index (χ3n) is 5.01. The maximum atomic E-state index is 12.7. The zero-order chi connectivity index (χ0) is 18.7. The molecule has 2 aliphatic rings. The van der Waals surface area contributed by atoms with E-state index in [0.717, 1.165) is 5.56 Å². The summed E-state index contributed by atoms with van der Waals surface area (Å²) >= 11 is 0. The van der Waals surface area contributed by atoms with E-state index in [1.54, 1.807) is 12.1 Å². The Balaban J connectivity index is 1.84. The fraction of sp³-hybridized carbons (Fsp3) is 0.444. The van der Waals surface area contributed by atoms with Crippen LogP contribution in [0.1, 0.15) is 24.8 Å². The summed E-state index contributed by atoms with van der Waals surface area (Å²) in [5, 5.41) is 24.2. The van der Waals surface area contributed by atoms with Crippen molar-refractivity contribution in [2.45, 2.75) is 31.8 Å². The zero-order valence-corrected chi connectivity index (χ0v) is 14.2. The summed E-state index contributed by atoms with van der Waals surface area (Å²) < 4.78 is 0. The summed E-state index contributed by atoms with van der Waals surface area (Å²) in [5.41, 5.74) is 1.79. The number of nitrogens with one attached hydrogen (secondary N) is 1. The van der Waals surface area contributed by atoms with Crippen molar-refractivity contribution in [3.05, 3.63) is 35.9 Å². The topological polar surface area (TPSA) is 119 Å². The normalized spacial score (nSPS) is 26.0. The van der Waals surface area contributed by atoms with Gasteiger partial charge in [0.15, 0.2) is 0 Å². The second kappa shape index (κ2) is 7.25. The molecule has 0 aromatic heterocycles. The van der Waals surface area contributed by atoms with Gasteiger partial charge in [-0.2, -0.15) is 5.10 Å². The van der Waals surface area contributed by atoms with Crippen molar-refractivity contribution in [3.63, 3.8) is 0 Å². The van der Waals surface area contributed by atoms with Crippen LogP contribution in [0.5, 0.6) is 0 Å². The monoisotopic (exact) mass is 359 g/mol. The first-order chi connectivity index (χ1) is 12.4. The van der Waals surface area contributed by atoms with E-state index in [0.29, 0.717) is 0 Å². The average molecular weight is 359 g/mol. The number of piperidine rings is 1. The van der Waals surface area contributed by atoms with Gasteiger partial charge in [-0.05, 0) is 18.4 Å². The first-order valence-corrected chi connectivity index (χ1v) is 8.52. The molecular formula is C18H21N3O5. The van der Waals surface area contributed by atoms with E-state index in [2.05, 4.69) is 10.5 Å². The highest BCUT2D eigenvalue weighted by Crippen LogP contribution is 2.35. The minimum atomic E-state index is -1.48. The molecule has 0 radical (unpaired) electrons. The van der Waals surface area contributed by atoms with Crippen LogP contribution in [-0.4, -0.2) is 57.8 Å². The van der Waals surface area contributed by atoms with E-state index in [4.69, 9.17) is 0 Å². The van der Waals surface area contributed by atoms with E-state index in [1.807, 2.05) is 18.2 Å². The number of carboxylic acids is 1. The van der Waals surface area contributed by atoms with Gasteiger partial charge in [0.1, 0.15) is 11.1 Å². The van der Waals surface area contributed by atoms with E-state index < -0.39 is 23.4 Å². The van der Waals surface area contributed by atoms with Gasteiger partial charge in [0.2, 0.25) is 5.91 Å². The Kier molecular flexibility index (Phi) is 5.03. The lowest BCUT2D eigenvalue weighted by Gasteiger charge is -2.43. The predicted octanol–water partition coefficient (Wildman–Crippen LogP) is 0.159. The van der Waals surface area contributed by atoms with Crippen LogP contribution in [0.4, 0.5) is 0 Å². The zero-order valence-electron chi connectivity index (χ0n) is 14.2. The van der Waals surface area contributed by atoms with Crippen LogP contribution in [0.3, 0.4) is 0 Å². The molecule has 0 spiro atoms. The summed E-state index contributed by atoms with van der Waals surface area (Å²) in [5.74, 6) is -1.78. The van der Waals surface area contributed by atoms with Crippen LogP contribution in [-0.2, 0) is 20.8 Å². The Bertz CT molecular complexity index is 748. The van der Waals surface area contributed by atoms with Crippen molar-refractivity contribution in [2.75, 3.05) is 13.1 Å². The number of rotatable bonds is 4. The number of amides is 2. The standard InChI is InChI=1S/C18H21N3O5/c22-14-8-9-21(16(24)13-6-7-15(23)20-19-13)11-18(14,17(25)26)10-12-4-2-1-3-5-12/h1-5,14,22H,6-11H2,(H,20,23)(H,25,26)/t14-,18+/m0/s1. The van der Waals surface area contributed by atoms with Crippen molar-refractivity contribution in [2.24, 2.45) is 10.5 Å². The van der Waals surface area contributed by atoms with Crippen LogP contribution in [0.15, 0.2) is 35.4 Å². The highest BCUT2D eigenvalue weighted by molar-refractivity contribution is 6.39. The summed E-state index contributed by atoms with van der Waals surface area (Å²) in [6, 6.07) is 9.06. The predicted molar refractivity (Wildman–Crippen MR) is 92.2 cm³/mol. The van der Waals surface area contributed by atoms with Crippen LogP contribution in [0, 0.1) is 5.41 Å². The van der Waals surface area contributed by atoms with Gasteiger partial charge in [-0.1, -0.05) is 30.3 Å². The number of likely N-dealkylation sites (tertiary alicyclic amines) is 1. The molecule has 8 nitrogen and oxygen atoms in total. The summed E-state index contributed by atoms with van der Waals surface area (Å²) in [6.07, 6.45) is -0.364. The number of hydrazone groups is 1. The SMILES string of the molecule is O=C1CCC(C(=O)N2CC[C@H](O)[C@](Cc3ccccc3)(C(=O)O)C2)=NN1. The fourth-order valence-corrected chi connectivity index (χ4v) is 3.48. The molecule has 1 aromatic carbocycles. The van der Waals surface area contributed by atoms with Crippen LogP contribution < -0.4 is 5.43 Å². The summed E-state index contributed by atoms with van der Waals surface area (Å²) in [7, 11) is 0. The fourth-order valence-electron chi connectivity index (χ4n) is 3.48. The second-order valence-corrected chi connectivity index (χ2v) is 6.75. The van der Waals surface area contributed by atoms with E-state index in [1.165, 1.54) is 4.90 Å². The second-order valence-electron chi connectivity index (χ2n) is 6.75. The number of nitrogens with zero attached hydrogens (tertiary/aromatic N) is 2. The molecule has 2 amide bonds. The lowest BCUT2D eigenvalue weighted by atomic mass is 9.72. The van der Waals surface area contributed by atoms with Crippen LogP contribution in [0.2, 0.25) is 0 Å². The highest BCUT2D eigenvalue weighted by atomic mass is 16.4. The number of aliphatic hydroxyl groups is 1. The Morgan fingerprint density at radius 1 is 1.27 bits per heavy atom. The largest absolute Gasteiger partial charge is 0.481 e. The smallest absolute Gasteiger partial charge is 0.314 e. The van der Waals surface area contributed by atoms with Gasteiger partial charge in [-0.3, -0.25) is 14.4 Å². The molecule has 138 valence electrons. The molecule has 0 unspecified atom stereocenters. The van der Waals surface area contributed by atoms with E-state index in [-0.39, 0.29) is 50.4 Å². The number of carbonyl (C=O) groups excluding carboxylic acids is 2. The van der Waals surface area contributed by atoms with E-state index >= 15 is 0 Å². The van der Waals surface area contributed by atoms with E-state index in [9.17, 15) is 24.6 Å². The molecule has 8 heteroatoms. The van der Waals surface area contributed by atoms with Crippen molar-refractivity contribution >= 4 is 23.5 Å². The molecule has 3 rings (SSSR count). The molecule has 2 heterocycles. The molecule has 1 aromatic rings. The molecule has 1 fully saturated rings. The summed E-state index contributed by atoms with van der Waals surface area (Å²) in [4.78, 5) is 37.4. The summed E-state index contributed by atoms with van der Waals surface area (Å²) in [6.45, 7) is 0.140. The number of carboxylic acid groups (broad SMARTS) is 1. The van der Waals surface area contributed by atoms with Gasteiger partial charge < -0.3 is 15.1 Å². The maximum Gasteiger partial charge on any atom is 0.314 e. The Hall–Kier alpha value is -2.74. The maximum absolute atomic E-state index is 12.7. The molecule has 26 heavy (non-hydrogen) atoms. The lowest BCUT2D eigenvalue weighted by molar-refractivity contribution is -0.164. The van der Waals surface area contributed by atoms with Gasteiger partial charge in [-0.15, -0.1) is 0 Å². The number of aliphatic hydroxyl groups excluding tert-OH is 1. The molecule has 0 saturated carbocycles. The van der Waals surface area contributed by atoms with Crippen molar-refractivity contribution < 1.29 is 24.6 Å². The van der Waals surface area contributed by atoms with Crippen LogP contribution >= 0.6 is 0 Å². The Labute approximate surface area is 150 Å². The van der Waals surface area contributed by atoms with Gasteiger partial charge in [0.05, 0.1) is 6.10 Å². The Morgan fingerprint density at radius 3 is 2.62 bits per heavy atom. The quantitative estimate of drug-likeness (QED) is 0.707. The molecular weight excluding hydrogens is 338 g/mol. The van der Waals surface area contributed by atoms with Gasteiger partial charge in [-0.25, -0.2) is 5.43 Å². The minimum Gasteiger partial charge on any atom is -0.481 e. The Morgan fingerprint density at radius 2 is 2.00 bits per heavy atom. The van der Waals surface area contributed by atoms with Crippen LogP contribution in [0.25, 0.3) is 0 Å².